The number of benzene rings is 1. The second kappa shape index (κ2) is 6.40. The average Bonchev–Trinajstić information content (AvgIpc) is 2.36. The number of methoxy groups -OCH3 is 1. The van der Waals surface area contributed by atoms with Gasteiger partial charge in [-0.1, -0.05) is 18.2 Å². The summed E-state index contributed by atoms with van der Waals surface area (Å²) in [6.07, 6.45) is -5.10. The van der Waals surface area contributed by atoms with E-state index < -0.39 is 36.0 Å². The number of aliphatic carboxylic acids is 1. The molecule has 0 aliphatic carbocycles. The van der Waals surface area contributed by atoms with Gasteiger partial charge in [0.05, 0.1) is 25.0 Å². The molecule has 0 radical (unpaired) electrons. The third-order valence-corrected chi connectivity index (χ3v) is 2.69. The molecule has 110 valence electrons. The highest BCUT2D eigenvalue weighted by Gasteiger charge is 2.31. The van der Waals surface area contributed by atoms with Crippen LogP contribution in [0.5, 0.6) is 0 Å². The summed E-state index contributed by atoms with van der Waals surface area (Å²) >= 11 is 0. The first-order valence-corrected chi connectivity index (χ1v) is 5.69. The van der Waals surface area contributed by atoms with Crippen LogP contribution < -0.4 is 0 Å². The van der Waals surface area contributed by atoms with Gasteiger partial charge < -0.3 is 9.84 Å². The quantitative estimate of drug-likeness (QED) is 0.846. The second-order valence-corrected chi connectivity index (χ2v) is 4.22. The molecule has 1 aromatic carbocycles. The number of carbonyl (C=O) groups excluding carboxylic acids is 1. The summed E-state index contributed by atoms with van der Waals surface area (Å²) in [5.41, 5.74) is -0.606. The highest BCUT2D eigenvalue weighted by Crippen LogP contribution is 2.30. The molecule has 0 aliphatic rings. The third kappa shape index (κ3) is 4.56. The molecule has 20 heavy (non-hydrogen) atoms. The number of carbonyl (C=O) groups is 2. The predicted octanol–water partition coefficient (Wildman–Crippen LogP) is 2.51. The molecule has 4 nitrogen and oxygen atoms in total. The van der Waals surface area contributed by atoms with E-state index in [0.717, 1.165) is 19.2 Å². The van der Waals surface area contributed by atoms with E-state index in [4.69, 9.17) is 5.11 Å². The van der Waals surface area contributed by atoms with Crippen molar-refractivity contribution in [1.82, 2.24) is 0 Å². The normalized spacial score (nSPS) is 12.8. The molecule has 1 rings (SSSR count). The van der Waals surface area contributed by atoms with Crippen LogP contribution in [0.15, 0.2) is 24.3 Å². The fraction of sp³-hybridized carbons (Fsp3) is 0.385. The lowest BCUT2D eigenvalue weighted by atomic mass is 9.95. The third-order valence-electron chi connectivity index (χ3n) is 2.69. The Kier molecular flexibility index (Phi) is 5.12. The fourth-order valence-corrected chi connectivity index (χ4v) is 1.78. The number of ether oxygens (including phenoxy) is 1. The Morgan fingerprint density at radius 2 is 2.00 bits per heavy atom. The van der Waals surface area contributed by atoms with Crippen molar-refractivity contribution in [3.05, 3.63) is 35.4 Å². The van der Waals surface area contributed by atoms with E-state index in [-0.39, 0.29) is 12.0 Å². The van der Waals surface area contributed by atoms with Gasteiger partial charge in [-0.2, -0.15) is 13.2 Å². The van der Waals surface area contributed by atoms with Crippen molar-refractivity contribution in [3.8, 4) is 0 Å². The van der Waals surface area contributed by atoms with Crippen molar-refractivity contribution in [3.63, 3.8) is 0 Å². The number of hydrogen-bond acceptors (Lipinski definition) is 3. The first-order valence-electron chi connectivity index (χ1n) is 5.69. The van der Waals surface area contributed by atoms with Gasteiger partial charge in [0.25, 0.3) is 0 Å². The van der Waals surface area contributed by atoms with Crippen molar-refractivity contribution in [1.29, 1.82) is 0 Å². The first-order chi connectivity index (χ1) is 9.24. The second-order valence-electron chi connectivity index (χ2n) is 4.22. The Hall–Kier alpha value is -2.05. The standard InChI is InChI=1S/C13H13F3O4/c1-20-12(19)9(7-11(17)18)5-8-3-2-4-10(6-8)13(14,15)16/h2-4,6,9H,5,7H2,1H3,(H,17,18)/t9-/m1/s1. The predicted molar refractivity (Wildman–Crippen MR) is 62.9 cm³/mol. The van der Waals surface area contributed by atoms with E-state index >= 15 is 0 Å². The summed E-state index contributed by atoms with van der Waals surface area (Å²) in [6.45, 7) is 0. The van der Waals surface area contributed by atoms with Crippen LogP contribution in [0.3, 0.4) is 0 Å². The maximum atomic E-state index is 12.6. The molecule has 0 amide bonds. The van der Waals surface area contributed by atoms with Gasteiger partial charge >= 0.3 is 18.1 Å². The lowest BCUT2D eigenvalue weighted by molar-refractivity contribution is -0.150. The summed E-state index contributed by atoms with van der Waals surface area (Å²) in [5, 5.41) is 8.70. The largest absolute Gasteiger partial charge is 0.481 e. The molecular formula is C13H13F3O4. The van der Waals surface area contributed by atoms with Gasteiger partial charge in [0.2, 0.25) is 0 Å². The van der Waals surface area contributed by atoms with Crippen molar-refractivity contribution in [2.45, 2.75) is 19.0 Å². The van der Waals surface area contributed by atoms with E-state index in [0.29, 0.717) is 0 Å². The van der Waals surface area contributed by atoms with E-state index in [1.165, 1.54) is 12.1 Å². The minimum atomic E-state index is -4.48. The summed E-state index contributed by atoms with van der Waals surface area (Å²) < 4.78 is 42.1. The molecule has 1 N–H and O–H groups in total. The minimum Gasteiger partial charge on any atom is -0.481 e. The van der Waals surface area contributed by atoms with Crippen LogP contribution in [0.4, 0.5) is 13.2 Å². The molecule has 0 spiro atoms. The van der Waals surface area contributed by atoms with Crippen LogP contribution in [0.2, 0.25) is 0 Å². The molecule has 0 saturated heterocycles. The lowest BCUT2D eigenvalue weighted by Crippen LogP contribution is -2.22. The van der Waals surface area contributed by atoms with Crippen LogP contribution in [0.1, 0.15) is 17.5 Å². The molecule has 0 aromatic heterocycles. The van der Waals surface area contributed by atoms with Gasteiger partial charge in [-0.3, -0.25) is 9.59 Å². The van der Waals surface area contributed by atoms with Crippen LogP contribution in [0, 0.1) is 5.92 Å². The van der Waals surface area contributed by atoms with Gasteiger partial charge in [-0.05, 0) is 18.1 Å². The zero-order valence-corrected chi connectivity index (χ0v) is 10.6. The molecule has 0 bridgehead atoms. The number of alkyl halides is 3. The van der Waals surface area contributed by atoms with Crippen LogP contribution in [0.25, 0.3) is 0 Å². The van der Waals surface area contributed by atoms with Crippen molar-refractivity contribution < 1.29 is 32.6 Å². The number of halogens is 3. The minimum absolute atomic E-state index is 0.122. The Labute approximate surface area is 113 Å². The van der Waals surface area contributed by atoms with E-state index in [1.54, 1.807) is 0 Å². The van der Waals surface area contributed by atoms with Crippen LogP contribution >= 0.6 is 0 Å². The Morgan fingerprint density at radius 1 is 1.35 bits per heavy atom. The fourth-order valence-electron chi connectivity index (χ4n) is 1.78. The average molecular weight is 290 g/mol. The van der Waals surface area contributed by atoms with E-state index in [1.807, 2.05) is 0 Å². The SMILES string of the molecule is COC(=O)[C@@H](CC(=O)O)Cc1cccc(C(F)(F)F)c1. The van der Waals surface area contributed by atoms with E-state index in [9.17, 15) is 22.8 Å². The smallest absolute Gasteiger partial charge is 0.416 e. The van der Waals surface area contributed by atoms with E-state index in [2.05, 4.69) is 4.74 Å². The molecule has 0 saturated carbocycles. The monoisotopic (exact) mass is 290 g/mol. The van der Waals surface area contributed by atoms with Crippen molar-refractivity contribution in [2.75, 3.05) is 7.11 Å². The molecular weight excluding hydrogens is 277 g/mol. The number of carboxylic acids is 1. The Bertz CT molecular complexity index is 497. The van der Waals surface area contributed by atoms with Crippen molar-refractivity contribution in [2.24, 2.45) is 5.92 Å². The van der Waals surface area contributed by atoms with Gasteiger partial charge in [-0.25, -0.2) is 0 Å². The highest BCUT2D eigenvalue weighted by atomic mass is 19.4. The molecule has 0 unspecified atom stereocenters. The van der Waals surface area contributed by atoms with Crippen LogP contribution in [-0.2, 0) is 26.9 Å². The number of esters is 1. The van der Waals surface area contributed by atoms with Crippen LogP contribution in [-0.4, -0.2) is 24.2 Å². The maximum absolute atomic E-state index is 12.6. The Balaban J connectivity index is 2.93. The maximum Gasteiger partial charge on any atom is 0.416 e. The highest BCUT2D eigenvalue weighted by molar-refractivity contribution is 5.79. The lowest BCUT2D eigenvalue weighted by Gasteiger charge is -2.14. The summed E-state index contributed by atoms with van der Waals surface area (Å²) in [7, 11) is 1.10. The number of rotatable bonds is 5. The topological polar surface area (TPSA) is 63.6 Å². The number of hydrogen-bond donors (Lipinski definition) is 1. The zero-order valence-electron chi connectivity index (χ0n) is 10.6. The van der Waals surface area contributed by atoms with Gasteiger partial charge in [-0.15, -0.1) is 0 Å². The summed E-state index contributed by atoms with van der Waals surface area (Å²) in [6, 6.07) is 4.44. The van der Waals surface area contributed by atoms with Gasteiger partial charge in [0, 0.05) is 0 Å². The molecule has 7 heteroatoms. The summed E-state index contributed by atoms with van der Waals surface area (Å²) in [5.74, 6) is -2.99. The van der Waals surface area contributed by atoms with Gasteiger partial charge in [0.1, 0.15) is 0 Å². The molecule has 0 aliphatic heterocycles. The molecule has 0 heterocycles. The molecule has 0 fully saturated rings. The zero-order chi connectivity index (χ0) is 15.3. The molecule has 1 atom stereocenters. The number of carboxylic acid groups (broad SMARTS) is 1. The molecule has 1 aromatic rings. The van der Waals surface area contributed by atoms with Crippen molar-refractivity contribution >= 4 is 11.9 Å². The Morgan fingerprint density at radius 3 is 2.50 bits per heavy atom. The first kappa shape index (κ1) is 16.0. The van der Waals surface area contributed by atoms with Gasteiger partial charge in [0.15, 0.2) is 0 Å². The summed E-state index contributed by atoms with van der Waals surface area (Å²) in [4.78, 5) is 22.1.